The molecule has 0 bridgehead atoms. The lowest BCUT2D eigenvalue weighted by Crippen LogP contribution is -2.56. The number of nitrogens with two attached hydrogens (primary N) is 1. The molecule has 1 aromatic heterocycles. The third-order valence-electron chi connectivity index (χ3n) is 4.29. The number of carbonyl (C=O) groups excluding carboxylic acids is 2. The highest BCUT2D eigenvalue weighted by molar-refractivity contribution is 5.96. The summed E-state index contributed by atoms with van der Waals surface area (Å²) in [7, 11) is 0. The van der Waals surface area contributed by atoms with Gasteiger partial charge in [0.1, 0.15) is 6.04 Å². The van der Waals surface area contributed by atoms with Crippen molar-refractivity contribution in [1.82, 2.24) is 14.9 Å². The SMILES string of the molecule is NC(=O)[C@@H]1CC(F)(F)CN1C(=O)c1cnc(N2CC(F)(F)C2)c(OCC(F)F)n1. The number of nitrogens with zero attached hydrogens (tertiary/aromatic N) is 4. The Morgan fingerprint density at radius 2 is 1.86 bits per heavy atom. The van der Waals surface area contributed by atoms with Crippen LogP contribution < -0.4 is 15.4 Å². The van der Waals surface area contributed by atoms with Crippen molar-refractivity contribution in [3.05, 3.63) is 11.9 Å². The maximum Gasteiger partial charge on any atom is 0.282 e. The van der Waals surface area contributed by atoms with Crippen LogP contribution in [0.5, 0.6) is 5.88 Å². The van der Waals surface area contributed by atoms with Gasteiger partial charge in [0, 0.05) is 6.42 Å². The lowest BCUT2D eigenvalue weighted by Gasteiger charge is -2.39. The molecule has 0 saturated carbocycles. The van der Waals surface area contributed by atoms with Crippen LogP contribution in [0.3, 0.4) is 0 Å². The maximum absolute atomic E-state index is 13.6. The number of alkyl halides is 6. The topological polar surface area (TPSA) is 102 Å². The first kappa shape index (κ1) is 20.9. The average Bonchev–Trinajstić information content (AvgIpc) is 2.93. The van der Waals surface area contributed by atoms with Crippen LogP contribution in [0.2, 0.25) is 0 Å². The summed E-state index contributed by atoms with van der Waals surface area (Å²) >= 11 is 0. The predicted octanol–water partition coefficient (Wildman–Crippen LogP) is 0.911. The molecule has 2 N–H and O–H groups in total. The first-order valence-corrected chi connectivity index (χ1v) is 8.27. The van der Waals surface area contributed by atoms with E-state index in [1.807, 2.05) is 0 Å². The Labute approximate surface area is 159 Å². The molecule has 1 aromatic rings. The highest BCUT2D eigenvalue weighted by atomic mass is 19.3. The van der Waals surface area contributed by atoms with Crippen molar-refractivity contribution in [2.24, 2.45) is 5.73 Å². The van der Waals surface area contributed by atoms with E-state index in [2.05, 4.69) is 9.97 Å². The number of ether oxygens (including phenoxy) is 1. The summed E-state index contributed by atoms with van der Waals surface area (Å²) in [6.45, 7) is -3.78. The van der Waals surface area contributed by atoms with Gasteiger partial charge in [-0.2, -0.15) is 0 Å². The fraction of sp³-hybridized carbons (Fsp3) is 0.600. The van der Waals surface area contributed by atoms with E-state index in [9.17, 15) is 35.9 Å². The van der Waals surface area contributed by atoms with Crippen LogP contribution in [-0.2, 0) is 4.79 Å². The van der Waals surface area contributed by atoms with E-state index >= 15 is 0 Å². The number of halogens is 6. The Kier molecular flexibility index (Phi) is 5.21. The minimum atomic E-state index is -3.36. The van der Waals surface area contributed by atoms with Gasteiger partial charge in [0.15, 0.2) is 18.1 Å². The van der Waals surface area contributed by atoms with Gasteiger partial charge in [-0.1, -0.05) is 0 Å². The molecule has 0 aromatic carbocycles. The summed E-state index contributed by atoms with van der Waals surface area (Å²) in [5.41, 5.74) is 4.47. The fourth-order valence-corrected chi connectivity index (χ4v) is 3.02. The van der Waals surface area contributed by atoms with Crippen LogP contribution in [0.1, 0.15) is 16.9 Å². The van der Waals surface area contributed by atoms with Gasteiger partial charge < -0.3 is 20.3 Å². The minimum absolute atomic E-state index is 0.300. The van der Waals surface area contributed by atoms with Crippen molar-refractivity contribution in [2.75, 3.05) is 31.1 Å². The predicted molar refractivity (Wildman–Crippen MR) is 84.3 cm³/mol. The van der Waals surface area contributed by atoms with Gasteiger partial charge in [-0.05, 0) is 0 Å². The smallest absolute Gasteiger partial charge is 0.282 e. The summed E-state index contributed by atoms with van der Waals surface area (Å²) in [5, 5.41) is 0. The van der Waals surface area contributed by atoms with Gasteiger partial charge in [-0.15, -0.1) is 0 Å². The van der Waals surface area contributed by atoms with Crippen LogP contribution in [0.4, 0.5) is 32.2 Å². The molecule has 3 heterocycles. The molecule has 2 aliphatic rings. The first-order valence-electron chi connectivity index (χ1n) is 8.27. The zero-order valence-corrected chi connectivity index (χ0v) is 14.6. The number of anilines is 1. The van der Waals surface area contributed by atoms with Crippen molar-refractivity contribution in [1.29, 1.82) is 0 Å². The van der Waals surface area contributed by atoms with E-state index in [0.29, 0.717) is 4.90 Å². The van der Waals surface area contributed by atoms with E-state index in [1.54, 1.807) is 0 Å². The number of hydrogen-bond acceptors (Lipinski definition) is 6. The van der Waals surface area contributed by atoms with Crippen molar-refractivity contribution in [3.8, 4) is 5.88 Å². The zero-order valence-electron chi connectivity index (χ0n) is 14.6. The molecule has 0 radical (unpaired) electrons. The second-order valence-corrected chi connectivity index (χ2v) is 6.71. The molecular weight excluding hydrogens is 412 g/mol. The Bertz CT molecular complexity index is 816. The molecular formula is C15H15F6N5O3. The monoisotopic (exact) mass is 427 g/mol. The van der Waals surface area contributed by atoms with Crippen molar-refractivity contribution < 1.29 is 40.7 Å². The van der Waals surface area contributed by atoms with Crippen LogP contribution >= 0.6 is 0 Å². The quantitative estimate of drug-likeness (QED) is 0.678. The standard InChI is InChI=1S/C15H15F6N5O3/c16-9(17)3-29-12-11(25-4-15(20,21)5-25)23-2-7(24-12)13(28)26-6-14(18,19)1-8(26)10(22)27/h2,8-9H,1,3-6H2,(H2,22,27)/t8-/m0/s1. The van der Waals surface area contributed by atoms with Gasteiger partial charge in [-0.3, -0.25) is 9.59 Å². The number of primary amides is 1. The number of hydrogen-bond donors (Lipinski definition) is 1. The molecule has 2 aliphatic heterocycles. The van der Waals surface area contributed by atoms with E-state index in [0.717, 1.165) is 11.1 Å². The summed E-state index contributed by atoms with van der Waals surface area (Å²) < 4.78 is 83.2. The van der Waals surface area contributed by atoms with Gasteiger partial charge >= 0.3 is 0 Å². The van der Waals surface area contributed by atoms with Crippen molar-refractivity contribution in [3.63, 3.8) is 0 Å². The molecule has 1 atom stereocenters. The molecule has 2 saturated heterocycles. The van der Waals surface area contributed by atoms with Crippen molar-refractivity contribution in [2.45, 2.75) is 30.7 Å². The Morgan fingerprint density at radius 3 is 2.41 bits per heavy atom. The highest BCUT2D eigenvalue weighted by Crippen LogP contribution is 2.36. The van der Waals surface area contributed by atoms with E-state index < -0.39 is 80.4 Å². The molecule has 2 amide bonds. The molecule has 29 heavy (non-hydrogen) atoms. The van der Waals surface area contributed by atoms with Gasteiger partial charge in [0.25, 0.3) is 30.1 Å². The largest absolute Gasteiger partial charge is 0.469 e. The molecule has 3 rings (SSSR count). The van der Waals surface area contributed by atoms with E-state index in [4.69, 9.17) is 10.5 Å². The maximum atomic E-state index is 13.6. The fourth-order valence-electron chi connectivity index (χ4n) is 3.02. The third-order valence-corrected chi connectivity index (χ3v) is 4.29. The molecule has 8 nitrogen and oxygen atoms in total. The summed E-state index contributed by atoms with van der Waals surface area (Å²) in [5.74, 6) is -9.61. The second-order valence-electron chi connectivity index (χ2n) is 6.71. The summed E-state index contributed by atoms with van der Waals surface area (Å²) in [6.07, 6.45) is -3.10. The zero-order chi connectivity index (χ0) is 21.6. The number of aromatic nitrogens is 2. The lowest BCUT2D eigenvalue weighted by atomic mass is 10.1. The van der Waals surface area contributed by atoms with E-state index in [-0.39, 0.29) is 5.82 Å². The molecule has 14 heteroatoms. The molecule has 160 valence electrons. The average molecular weight is 427 g/mol. The first-order chi connectivity index (χ1) is 13.4. The Balaban J connectivity index is 1.88. The molecule has 2 fully saturated rings. The minimum Gasteiger partial charge on any atom is -0.469 e. The number of amides is 2. The molecule has 0 aliphatic carbocycles. The normalized spacial score (nSPS) is 22.5. The third kappa shape index (κ3) is 4.45. The van der Waals surface area contributed by atoms with Crippen molar-refractivity contribution >= 4 is 17.6 Å². The highest BCUT2D eigenvalue weighted by Gasteiger charge is 2.50. The van der Waals surface area contributed by atoms with E-state index in [1.165, 1.54) is 0 Å². The summed E-state index contributed by atoms with van der Waals surface area (Å²) in [6, 6.07) is -1.60. The van der Waals surface area contributed by atoms with Gasteiger partial charge in [0.2, 0.25) is 5.91 Å². The summed E-state index contributed by atoms with van der Waals surface area (Å²) in [4.78, 5) is 32.9. The van der Waals surface area contributed by atoms with Gasteiger partial charge in [-0.25, -0.2) is 36.3 Å². The number of rotatable bonds is 6. The molecule has 0 spiro atoms. The van der Waals surface area contributed by atoms with Crippen LogP contribution in [0.15, 0.2) is 6.20 Å². The second kappa shape index (κ2) is 7.22. The number of carbonyl (C=O) groups is 2. The Hall–Kier alpha value is -2.80. The van der Waals surface area contributed by atoms with Crippen LogP contribution in [0.25, 0.3) is 0 Å². The van der Waals surface area contributed by atoms with Crippen LogP contribution in [0, 0.1) is 0 Å². The molecule has 0 unspecified atom stereocenters. The van der Waals surface area contributed by atoms with Gasteiger partial charge in [0.05, 0.1) is 25.8 Å². The van der Waals surface area contributed by atoms with Crippen LogP contribution in [-0.4, -0.2) is 77.2 Å². The number of likely N-dealkylation sites (tertiary alicyclic amines) is 1. The Morgan fingerprint density at radius 1 is 1.21 bits per heavy atom. The lowest BCUT2D eigenvalue weighted by molar-refractivity contribution is -0.121.